The van der Waals surface area contributed by atoms with Crippen LogP contribution >= 0.6 is 0 Å². The molecule has 2 N–H and O–H groups in total. The molecule has 0 unspecified atom stereocenters. The van der Waals surface area contributed by atoms with E-state index >= 15 is 0 Å². The number of carboxylic acids is 1. The summed E-state index contributed by atoms with van der Waals surface area (Å²) in [5.41, 5.74) is 2.07. The maximum absolute atomic E-state index is 10.9. The average Bonchev–Trinajstić information content (AvgIpc) is 2.60. The first-order valence-electron chi connectivity index (χ1n) is 5.34. The zero-order valence-electron chi connectivity index (χ0n) is 9.54. The molecule has 0 fully saturated rings. The summed E-state index contributed by atoms with van der Waals surface area (Å²) in [4.78, 5) is 10.9. The summed E-state index contributed by atoms with van der Waals surface area (Å²) in [6.07, 6.45) is 2.50. The topological polar surface area (TPSA) is 75.2 Å². The summed E-state index contributed by atoms with van der Waals surface area (Å²) < 4.78 is 5.20. The third-order valence-electron chi connectivity index (χ3n) is 3.23. The number of rotatable bonds is 3. The summed E-state index contributed by atoms with van der Waals surface area (Å²) in [6.45, 7) is 2.84. The number of ether oxygens (including phenoxy) is 1. The second kappa shape index (κ2) is 3.90. The normalized spacial score (nSPS) is 24.1. The Balaban J connectivity index is 2.26. The molecule has 1 aromatic rings. The van der Waals surface area contributed by atoms with Crippen molar-refractivity contribution in [3.8, 4) is 0 Å². The SMILES string of the molecule is COC[C@]1(C)CCc2c(C(=O)O)n[nH]c2C1. The average molecular weight is 224 g/mol. The van der Waals surface area contributed by atoms with Crippen molar-refractivity contribution in [2.75, 3.05) is 13.7 Å². The van der Waals surface area contributed by atoms with Gasteiger partial charge in [-0.15, -0.1) is 0 Å². The third-order valence-corrected chi connectivity index (χ3v) is 3.23. The molecule has 1 aliphatic carbocycles. The number of aromatic amines is 1. The highest BCUT2D eigenvalue weighted by atomic mass is 16.5. The minimum absolute atomic E-state index is 0.0874. The minimum atomic E-state index is -0.951. The quantitative estimate of drug-likeness (QED) is 0.810. The number of aromatic nitrogens is 2. The van der Waals surface area contributed by atoms with Crippen LogP contribution in [0.5, 0.6) is 0 Å². The number of hydrogen-bond donors (Lipinski definition) is 2. The van der Waals surface area contributed by atoms with Crippen molar-refractivity contribution in [3.05, 3.63) is 17.0 Å². The predicted octanol–water partition coefficient (Wildman–Crippen LogP) is 1.25. The Bertz CT molecular complexity index is 413. The van der Waals surface area contributed by atoms with Crippen LogP contribution in [0, 0.1) is 5.41 Å². The Morgan fingerprint density at radius 1 is 1.69 bits per heavy atom. The molecule has 0 saturated carbocycles. The van der Waals surface area contributed by atoms with Crippen LogP contribution in [0.4, 0.5) is 0 Å². The highest BCUT2D eigenvalue weighted by molar-refractivity contribution is 5.87. The van der Waals surface area contributed by atoms with E-state index in [9.17, 15) is 4.79 Å². The lowest BCUT2D eigenvalue weighted by Gasteiger charge is -2.32. The van der Waals surface area contributed by atoms with E-state index in [0.717, 1.165) is 30.5 Å². The maximum Gasteiger partial charge on any atom is 0.356 e. The molecule has 1 heterocycles. The Labute approximate surface area is 93.8 Å². The summed E-state index contributed by atoms with van der Waals surface area (Å²) in [6, 6.07) is 0. The number of H-pyrrole nitrogens is 1. The number of hydrogen-bond acceptors (Lipinski definition) is 3. The zero-order valence-corrected chi connectivity index (χ0v) is 9.54. The van der Waals surface area contributed by atoms with Gasteiger partial charge in [0.2, 0.25) is 0 Å². The standard InChI is InChI=1S/C11H16N2O3/c1-11(6-16-2)4-3-7-8(5-11)12-13-9(7)10(14)15/h3-6H2,1-2H3,(H,12,13)(H,14,15)/t11-/m1/s1. The Kier molecular flexibility index (Phi) is 2.71. The van der Waals surface area contributed by atoms with Crippen LogP contribution in [0.1, 0.15) is 35.1 Å². The van der Waals surface area contributed by atoms with Gasteiger partial charge in [-0.25, -0.2) is 4.79 Å². The van der Waals surface area contributed by atoms with E-state index in [1.165, 1.54) is 0 Å². The fourth-order valence-electron chi connectivity index (χ4n) is 2.41. The molecule has 5 heteroatoms. The molecule has 5 nitrogen and oxygen atoms in total. The van der Waals surface area contributed by atoms with Gasteiger partial charge >= 0.3 is 5.97 Å². The first-order chi connectivity index (χ1) is 7.56. The highest BCUT2D eigenvalue weighted by Crippen LogP contribution is 2.35. The van der Waals surface area contributed by atoms with Gasteiger partial charge in [-0.2, -0.15) is 5.10 Å². The van der Waals surface area contributed by atoms with Crippen molar-refractivity contribution in [1.82, 2.24) is 10.2 Å². The van der Waals surface area contributed by atoms with Crippen LogP contribution in [0.15, 0.2) is 0 Å². The Morgan fingerprint density at radius 2 is 2.44 bits per heavy atom. The van der Waals surface area contributed by atoms with E-state index in [2.05, 4.69) is 17.1 Å². The first-order valence-corrected chi connectivity index (χ1v) is 5.34. The third kappa shape index (κ3) is 1.82. The van der Waals surface area contributed by atoms with Gasteiger partial charge in [0.15, 0.2) is 5.69 Å². The van der Waals surface area contributed by atoms with E-state index in [-0.39, 0.29) is 11.1 Å². The van der Waals surface area contributed by atoms with Crippen molar-refractivity contribution in [2.24, 2.45) is 5.41 Å². The summed E-state index contributed by atoms with van der Waals surface area (Å²) >= 11 is 0. The molecule has 0 amide bonds. The molecule has 0 aliphatic heterocycles. The van der Waals surface area contributed by atoms with Gasteiger partial charge in [0.25, 0.3) is 0 Å². The Morgan fingerprint density at radius 3 is 3.06 bits per heavy atom. The van der Waals surface area contributed by atoms with Crippen LogP contribution in [0.25, 0.3) is 0 Å². The van der Waals surface area contributed by atoms with Crippen molar-refractivity contribution in [3.63, 3.8) is 0 Å². The zero-order chi connectivity index (χ0) is 11.8. The number of methoxy groups -OCH3 is 1. The number of carboxylic acid groups (broad SMARTS) is 1. The molecule has 1 aliphatic rings. The van der Waals surface area contributed by atoms with E-state index in [1.54, 1.807) is 7.11 Å². The number of nitrogens with zero attached hydrogens (tertiary/aromatic N) is 1. The van der Waals surface area contributed by atoms with Crippen LogP contribution < -0.4 is 0 Å². The lowest BCUT2D eigenvalue weighted by molar-refractivity contribution is 0.0684. The fourth-order valence-corrected chi connectivity index (χ4v) is 2.41. The molecule has 0 spiro atoms. The molecule has 2 rings (SSSR count). The molecular weight excluding hydrogens is 208 g/mol. The molecule has 0 saturated heterocycles. The summed E-state index contributed by atoms with van der Waals surface area (Å²) in [5, 5.41) is 15.6. The second-order valence-corrected chi connectivity index (χ2v) is 4.75. The molecule has 1 atom stereocenters. The first kappa shape index (κ1) is 11.1. The van der Waals surface area contributed by atoms with Gasteiger partial charge in [-0.05, 0) is 24.7 Å². The number of carbonyl (C=O) groups is 1. The van der Waals surface area contributed by atoms with Crippen molar-refractivity contribution < 1.29 is 14.6 Å². The van der Waals surface area contributed by atoms with Crippen molar-refractivity contribution in [2.45, 2.75) is 26.2 Å². The van der Waals surface area contributed by atoms with E-state index in [0.29, 0.717) is 6.61 Å². The molecule has 0 radical (unpaired) electrons. The van der Waals surface area contributed by atoms with Gasteiger partial charge in [0.05, 0.1) is 6.61 Å². The molecule has 1 aromatic heterocycles. The molecule has 16 heavy (non-hydrogen) atoms. The van der Waals surface area contributed by atoms with Crippen molar-refractivity contribution in [1.29, 1.82) is 0 Å². The van der Waals surface area contributed by atoms with Crippen LogP contribution in [-0.2, 0) is 17.6 Å². The maximum atomic E-state index is 10.9. The molecular formula is C11H16N2O3. The minimum Gasteiger partial charge on any atom is -0.476 e. The van der Waals surface area contributed by atoms with E-state index < -0.39 is 5.97 Å². The van der Waals surface area contributed by atoms with Gasteiger partial charge in [-0.3, -0.25) is 5.10 Å². The molecule has 0 aromatic carbocycles. The second-order valence-electron chi connectivity index (χ2n) is 4.75. The van der Waals surface area contributed by atoms with Gasteiger partial charge in [0.1, 0.15) is 0 Å². The fraction of sp³-hybridized carbons (Fsp3) is 0.636. The van der Waals surface area contributed by atoms with Gasteiger partial charge in [0, 0.05) is 18.4 Å². The Hall–Kier alpha value is -1.36. The monoisotopic (exact) mass is 224 g/mol. The van der Waals surface area contributed by atoms with Crippen LogP contribution in [0.3, 0.4) is 0 Å². The smallest absolute Gasteiger partial charge is 0.356 e. The summed E-state index contributed by atoms with van der Waals surface area (Å²) in [5.74, 6) is -0.951. The lowest BCUT2D eigenvalue weighted by Crippen LogP contribution is -2.30. The van der Waals surface area contributed by atoms with E-state index in [4.69, 9.17) is 9.84 Å². The molecule has 88 valence electrons. The van der Waals surface area contributed by atoms with Gasteiger partial charge < -0.3 is 9.84 Å². The van der Waals surface area contributed by atoms with Gasteiger partial charge in [-0.1, -0.05) is 6.92 Å². The number of aromatic carboxylic acids is 1. The van der Waals surface area contributed by atoms with Crippen LogP contribution in [-0.4, -0.2) is 35.0 Å². The highest BCUT2D eigenvalue weighted by Gasteiger charge is 2.33. The number of fused-ring (bicyclic) bond motifs is 1. The van der Waals surface area contributed by atoms with Crippen LogP contribution in [0.2, 0.25) is 0 Å². The lowest BCUT2D eigenvalue weighted by atomic mass is 9.75. The van der Waals surface area contributed by atoms with Crippen molar-refractivity contribution >= 4 is 5.97 Å². The number of nitrogens with one attached hydrogen (secondary N) is 1. The summed E-state index contributed by atoms with van der Waals surface area (Å²) in [7, 11) is 1.69. The van der Waals surface area contributed by atoms with E-state index in [1.807, 2.05) is 0 Å². The largest absolute Gasteiger partial charge is 0.476 e. The molecule has 0 bridgehead atoms. The predicted molar refractivity (Wildman–Crippen MR) is 57.6 cm³/mol.